The highest BCUT2D eigenvalue weighted by atomic mass is 35.5. The van der Waals surface area contributed by atoms with Crippen LogP contribution in [-0.4, -0.2) is 45.8 Å². The molecule has 0 aliphatic carbocycles. The number of carbonyl (C=O) groups excluding carboxylic acids is 1. The van der Waals surface area contributed by atoms with E-state index < -0.39 is 5.60 Å². The van der Waals surface area contributed by atoms with E-state index in [2.05, 4.69) is 10.3 Å². The number of amides is 1. The minimum atomic E-state index is -0.494. The molecule has 6 nitrogen and oxygen atoms in total. The van der Waals surface area contributed by atoms with Crippen molar-refractivity contribution in [2.45, 2.75) is 32.4 Å². The van der Waals surface area contributed by atoms with Gasteiger partial charge in [-0.1, -0.05) is 17.7 Å². The van der Waals surface area contributed by atoms with Crippen molar-refractivity contribution in [2.24, 2.45) is 0 Å². The van der Waals surface area contributed by atoms with Crippen LogP contribution in [-0.2, 0) is 4.74 Å². The first-order chi connectivity index (χ1) is 11.8. The summed E-state index contributed by atoms with van der Waals surface area (Å²) in [4.78, 5) is 18.5. The van der Waals surface area contributed by atoms with Crippen LogP contribution in [0.2, 0.25) is 5.02 Å². The fraction of sp³-hybridized carbons (Fsp3) is 0.444. The van der Waals surface area contributed by atoms with Crippen LogP contribution in [0.25, 0.3) is 5.69 Å². The quantitative estimate of drug-likeness (QED) is 0.889. The molecule has 1 aromatic carbocycles. The summed E-state index contributed by atoms with van der Waals surface area (Å²) in [6.45, 7) is 7.47. The van der Waals surface area contributed by atoms with E-state index in [9.17, 15) is 4.79 Å². The van der Waals surface area contributed by atoms with Crippen molar-refractivity contribution < 1.29 is 9.53 Å². The summed E-state index contributed by atoms with van der Waals surface area (Å²) in [6.07, 6.45) is 3.44. The number of benzene rings is 1. The molecule has 0 radical (unpaired) electrons. The van der Waals surface area contributed by atoms with E-state index in [0.717, 1.165) is 11.4 Å². The molecular weight excluding hydrogens is 340 g/mol. The molecule has 0 bridgehead atoms. The van der Waals surface area contributed by atoms with Crippen LogP contribution in [0, 0.1) is 0 Å². The van der Waals surface area contributed by atoms with E-state index in [4.69, 9.17) is 16.3 Å². The lowest BCUT2D eigenvalue weighted by Crippen LogP contribution is -2.49. The zero-order valence-corrected chi connectivity index (χ0v) is 15.5. The summed E-state index contributed by atoms with van der Waals surface area (Å²) in [5.74, 6) is 0. The van der Waals surface area contributed by atoms with E-state index in [1.807, 2.05) is 55.8 Å². The van der Waals surface area contributed by atoms with Gasteiger partial charge in [0.15, 0.2) is 0 Å². The van der Waals surface area contributed by atoms with Gasteiger partial charge in [-0.2, -0.15) is 0 Å². The third kappa shape index (κ3) is 4.52. The molecule has 1 aliphatic rings. The van der Waals surface area contributed by atoms with Gasteiger partial charge in [0.2, 0.25) is 0 Å². The number of ether oxygens (including phenoxy) is 1. The fourth-order valence-electron chi connectivity index (χ4n) is 2.74. The second kappa shape index (κ2) is 7.06. The molecular formula is C18H23ClN4O2. The average Bonchev–Trinajstić information content (AvgIpc) is 3.03. The Kier molecular flexibility index (Phi) is 5.01. The molecule has 1 N–H and O–H groups in total. The Labute approximate surface area is 152 Å². The molecule has 1 unspecified atom stereocenters. The standard InChI is InChI=1S/C18H23ClN4O2/c1-18(2,3)25-17(24)22-8-7-20-15(10-22)16-11-23(12-21-16)14-6-4-5-13(19)9-14/h4-6,9,11-12,15,20H,7-8,10H2,1-3H3. The summed E-state index contributed by atoms with van der Waals surface area (Å²) in [6, 6.07) is 7.57. The molecule has 7 heteroatoms. The lowest BCUT2D eigenvalue weighted by molar-refractivity contribution is 0.0194. The van der Waals surface area contributed by atoms with E-state index in [-0.39, 0.29) is 12.1 Å². The molecule has 3 rings (SSSR count). The monoisotopic (exact) mass is 362 g/mol. The van der Waals surface area contributed by atoms with Crippen LogP contribution in [0.5, 0.6) is 0 Å². The number of nitrogens with one attached hydrogen (secondary N) is 1. The summed E-state index contributed by atoms with van der Waals surface area (Å²) < 4.78 is 7.39. The van der Waals surface area contributed by atoms with E-state index in [1.54, 1.807) is 11.2 Å². The maximum atomic E-state index is 12.3. The minimum Gasteiger partial charge on any atom is -0.444 e. The molecule has 2 heterocycles. The molecule has 1 atom stereocenters. The van der Waals surface area contributed by atoms with E-state index >= 15 is 0 Å². The molecule has 134 valence electrons. The topological polar surface area (TPSA) is 59.4 Å². The predicted octanol–water partition coefficient (Wildman–Crippen LogP) is 3.41. The minimum absolute atomic E-state index is 0.0262. The van der Waals surface area contributed by atoms with Crippen molar-refractivity contribution >= 4 is 17.7 Å². The largest absolute Gasteiger partial charge is 0.444 e. The second-order valence-corrected chi connectivity index (χ2v) is 7.56. The fourth-order valence-corrected chi connectivity index (χ4v) is 2.92. The SMILES string of the molecule is CC(C)(C)OC(=O)N1CCNC(c2cn(-c3cccc(Cl)c3)cn2)C1. The van der Waals surface area contributed by atoms with Crippen molar-refractivity contribution in [3.05, 3.63) is 47.5 Å². The van der Waals surface area contributed by atoms with Crippen molar-refractivity contribution in [3.8, 4) is 5.69 Å². The lowest BCUT2D eigenvalue weighted by atomic mass is 10.1. The Morgan fingerprint density at radius 1 is 1.40 bits per heavy atom. The van der Waals surface area contributed by atoms with Crippen molar-refractivity contribution in [2.75, 3.05) is 19.6 Å². The number of piperazine rings is 1. The second-order valence-electron chi connectivity index (χ2n) is 7.12. The van der Waals surface area contributed by atoms with Gasteiger partial charge in [-0.15, -0.1) is 0 Å². The molecule has 1 aliphatic heterocycles. The van der Waals surface area contributed by atoms with Gasteiger partial charge >= 0.3 is 6.09 Å². The molecule has 1 fully saturated rings. The zero-order valence-electron chi connectivity index (χ0n) is 14.7. The molecule has 25 heavy (non-hydrogen) atoms. The summed E-state index contributed by atoms with van der Waals surface area (Å²) >= 11 is 6.05. The highest BCUT2D eigenvalue weighted by Gasteiger charge is 2.29. The van der Waals surface area contributed by atoms with Gasteiger partial charge in [0.25, 0.3) is 0 Å². The number of nitrogens with zero attached hydrogens (tertiary/aromatic N) is 3. The molecule has 1 saturated heterocycles. The van der Waals surface area contributed by atoms with Crippen LogP contribution >= 0.6 is 11.6 Å². The first-order valence-electron chi connectivity index (χ1n) is 8.33. The summed E-state index contributed by atoms with van der Waals surface area (Å²) in [5, 5.41) is 4.09. The van der Waals surface area contributed by atoms with Gasteiger partial charge in [-0.25, -0.2) is 9.78 Å². The highest BCUT2D eigenvalue weighted by Crippen LogP contribution is 2.20. The number of rotatable bonds is 2. The Balaban J connectivity index is 1.71. The van der Waals surface area contributed by atoms with Crippen molar-refractivity contribution in [1.82, 2.24) is 19.8 Å². The first kappa shape index (κ1) is 17.8. The molecule has 1 aromatic heterocycles. The third-order valence-corrected chi connectivity index (χ3v) is 4.13. The average molecular weight is 363 g/mol. The first-order valence-corrected chi connectivity index (χ1v) is 8.71. The van der Waals surface area contributed by atoms with Gasteiger partial charge in [-0.3, -0.25) is 0 Å². The van der Waals surface area contributed by atoms with Crippen molar-refractivity contribution in [3.63, 3.8) is 0 Å². The zero-order chi connectivity index (χ0) is 18.0. The number of imidazole rings is 1. The van der Waals surface area contributed by atoms with Gasteiger partial charge in [-0.05, 0) is 39.0 Å². The Hall–Kier alpha value is -2.05. The van der Waals surface area contributed by atoms with E-state index in [0.29, 0.717) is 24.7 Å². The summed E-state index contributed by atoms with van der Waals surface area (Å²) in [7, 11) is 0. The van der Waals surface area contributed by atoms with Gasteiger partial charge in [0.05, 0.1) is 18.1 Å². The third-order valence-electron chi connectivity index (χ3n) is 3.89. The van der Waals surface area contributed by atoms with Crippen molar-refractivity contribution in [1.29, 1.82) is 0 Å². The smallest absolute Gasteiger partial charge is 0.410 e. The number of aromatic nitrogens is 2. The van der Waals surface area contributed by atoms with E-state index in [1.165, 1.54) is 0 Å². The number of hydrogen-bond donors (Lipinski definition) is 1. The summed E-state index contributed by atoms with van der Waals surface area (Å²) in [5.41, 5.74) is 1.34. The van der Waals surface area contributed by atoms with Crippen LogP contribution in [0.3, 0.4) is 0 Å². The normalized spacial score (nSPS) is 18.2. The molecule has 0 spiro atoms. The molecule has 0 saturated carbocycles. The molecule has 2 aromatic rings. The Morgan fingerprint density at radius 3 is 2.92 bits per heavy atom. The Bertz CT molecular complexity index is 754. The Morgan fingerprint density at radius 2 is 2.20 bits per heavy atom. The van der Waals surface area contributed by atoms with Crippen LogP contribution in [0.15, 0.2) is 36.8 Å². The number of carbonyl (C=O) groups is 1. The van der Waals surface area contributed by atoms with Crippen LogP contribution < -0.4 is 5.32 Å². The van der Waals surface area contributed by atoms with Gasteiger partial charge in [0, 0.05) is 36.5 Å². The van der Waals surface area contributed by atoms with Gasteiger partial charge in [0.1, 0.15) is 5.60 Å². The molecule has 1 amide bonds. The maximum Gasteiger partial charge on any atom is 0.410 e. The number of hydrogen-bond acceptors (Lipinski definition) is 4. The predicted molar refractivity (Wildman–Crippen MR) is 97.1 cm³/mol. The van der Waals surface area contributed by atoms with Crippen LogP contribution in [0.4, 0.5) is 4.79 Å². The lowest BCUT2D eigenvalue weighted by Gasteiger charge is -2.34. The maximum absolute atomic E-state index is 12.3. The number of halogens is 1. The van der Waals surface area contributed by atoms with Crippen LogP contribution in [0.1, 0.15) is 32.5 Å². The highest BCUT2D eigenvalue weighted by molar-refractivity contribution is 6.30. The van der Waals surface area contributed by atoms with Gasteiger partial charge < -0.3 is 19.5 Å².